The maximum atomic E-state index is 5.94. The van der Waals surface area contributed by atoms with Crippen LogP contribution in [-0.2, 0) is 6.54 Å². The molecular weight excluding hydrogens is 184 g/mol. The molecule has 0 radical (unpaired) electrons. The third-order valence-corrected chi connectivity index (χ3v) is 2.83. The third kappa shape index (κ3) is 2.47. The van der Waals surface area contributed by atoms with E-state index in [9.17, 15) is 0 Å². The van der Waals surface area contributed by atoms with Crippen LogP contribution in [0.3, 0.4) is 0 Å². The molecule has 1 aliphatic carbocycles. The minimum absolute atomic E-state index is 0.0784. The molecule has 72 valence electrons. The largest absolute Gasteiger partial charge is 0.272 e. The van der Waals surface area contributed by atoms with Gasteiger partial charge in [-0.3, -0.25) is 4.68 Å². The van der Waals surface area contributed by atoms with Gasteiger partial charge in [0, 0.05) is 18.3 Å². The number of alkyl halides is 1. The molecule has 3 heteroatoms. The molecule has 13 heavy (non-hydrogen) atoms. The first-order valence-electron chi connectivity index (χ1n) is 4.92. The number of aromatic nitrogens is 2. The fourth-order valence-corrected chi connectivity index (χ4v) is 1.54. The molecule has 1 aliphatic rings. The van der Waals surface area contributed by atoms with Crippen LogP contribution in [-0.4, -0.2) is 9.78 Å². The molecule has 0 aliphatic heterocycles. The van der Waals surface area contributed by atoms with Crippen LogP contribution in [0, 0.1) is 5.92 Å². The Bertz CT molecular complexity index is 276. The number of hydrogen-bond donors (Lipinski definition) is 0. The maximum absolute atomic E-state index is 5.94. The normalized spacial score (nSPS) is 18.9. The van der Waals surface area contributed by atoms with Gasteiger partial charge < -0.3 is 0 Å². The zero-order valence-corrected chi connectivity index (χ0v) is 8.67. The van der Waals surface area contributed by atoms with Crippen molar-refractivity contribution in [3.05, 3.63) is 18.0 Å². The Balaban J connectivity index is 1.88. The molecule has 1 unspecified atom stereocenters. The summed E-state index contributed by atoms with van der Waals surface area (Å²) in [7, 11) is 0. The molecule has 1 saturated carbocycles. The highest BCUT2D eigenvalue weighted by Crippen LogP contribution is 2.32. The number of aryl methyl sites for hydroxylation is 1. The van der Waals surface area contributed by atoms with Gasteiger partial charge in [-0.2, -0.15) is 5.10 Å². The van der Waals surface area contributed by atoms with E-state index >= 15 is 0 Å². The van der Waals surface area contributed by atoms with E-state index in [-0.39, 0.29) is 5.38 Å². The summed E-state index contributed by atoms with van der Waals surface area (Å²) in [6, 6.07) is 0. The van der Waals surface area contributed by atoms with Crippen LogP contribution in [0.2, 0.25) is 0 Å². The number of nitrogens with zero attached hydrogens (tertiary/aromatic N) is 2. The first-order valence-corrected chi connectivity index (χ1v) is 5.36. The molecule has 0 aromatic carbocycles. The zero-order chi connectivity index (χ0) is 9.26. The molecule has 2 rings (SSSR count). The van der Waals surface area contributed by atoms with Crippen molar-refractivity contribution < 1.29 is 0 Å². The van der Waals surface area contributed by atoms with Gasteiger partial charge in [-0.1, -0.05) is 12.8 Å². The molecular formula is C10H15ClN2. The lowest BCUT2D eigenvalue weighted by Gasteiger charge is -1.99. The average molecular weight is 199 g/mol. The highest BCUT2D eigenvalue weighted by atomic mass is 35.5. The van der Waals surface area contributed by atoms with E-state index in [0.717, 1.165) is 18.0 Å². The fourth-order valence-electron chi connectivity index (χ4n) is 1.43. The Hall–Kier alpha value is -0.500. The first kappa shape index (κ1) is 9.07. The average Bonchev–Trinajstić information content (AvgIpc) is 2.79. The minimum atomic E-state index is 0.0784. The standard InChI is InChI=1S/C10H15ClN2/c1-8(11)10-6-12-13(7-10)5-4-9-2-3-9/h6-9H,2-5H2,1H3. The Morgan fingerprint density at radius 1 is 1.69 bits per heavy atom. The smallest absolute Gasteiger partial charge is 0.0588 e. The quantitative estimate of drug-likeness (QED) is 0.681. The summed E-state index contributed by atoms with van der Waals surface area (Å²) in [5, 5.41) is 4.35. The van der Waals surface area contributed by atoms with Crippen LogP contribution in [0.15, 0.2) is 12.4 Å². The van der Waals surface area contributed by atoms with Crippen molar-refractivity contribution in [2.75, 3.05) is 0 Å². The molecule has 0 bridgehead atoms. The molecule has 0 spiro atoms. The molecule has 1 heterocycles. The van der Waals surface area contributed by atoms with E-state index in [1.54, 1.807) is 0 Å². The summed E-state index contributed by atoms with van der Waals surface area (Å²) in [4.78, 5) is 0. The molecule has 0 N–H and O–H groups in total. The maximum Gasteiger partial charge on any atom is 0.0588 e. The van der Waals surface area contributed by atoms with Crippen molar-refractivity contribution in [3.8, 4) is 0 Å². The Morgan fingerprint density at radius 3 is 3.00 bits per heavy atom. The van der Waals surface area contributed by atoms with Crippen LogP contribution in [0.4, 0.5) is 0 Å². The van der Waals surface area contributed by atoms with Crippen molar-refractivity contribution >= 4 is 11.6 Å². The predicted molar refractivity (Wildman–Crippen MR) is 53.8 cm³/mol. The molecule has 1 aromatic heterocycles. The van der Waals surface area contributed by atoms with Gasteiger partial charge in [0.25, 0.3) is 0 Å². The lowest BCUT2D eigenvalue weighted by molar-refractivity contribution is 0.546. The van der Waals surface area contributed by atoms with Crippen molar-refractivity contribution in [3.63, 3.8) is 0 Å². The molecule has 2 nitrogen and oxygen atoms in total. The zero-order valence-electron chi connectivity index (χ0n) is 7.91. The van der Waals surface area contributed by atoms with Crippen LogP contribution in [0.25, 0.3) is 0 Å². The first-order chi connectivity index (χ1) is 6.25. The van der Waals surface area contributed by atoms with Crippen LogP contribution in [0.5, 0.6) is 0 Å². The topological polar surface area (TPSA) is 17.8 Å². The minimum Gasteiger partial charge on any atom is -0.272 e. The van der Waals surface area contributed by atoms with Crippen LogP contribution >= 0.6 is 11.6 Å². The highest BCUT2D eigenvalue weighted by molar-refractivity contribution is 6.20. The van der Waals surface area contributed by atoms with Crippen molar-refractivity contribution in [1.29, 1.82) is 0 Å². The van der Waals surface area contributed by atoms with Gasteiger partial charge in [0.2, 0.25) is 0 Å². The van der Waals surface area contributed by atoms with Gasteiger partial charge in [0.15, 0.2) is 0 Å². The number of halogens is 1. The SMILES string of the molecule is CC(Cl)c1cnn(CCC2CC2)c1. The molecule has 1 atom stereocenters. The lowest BCUT2D eigenvalue weighted by Crippen LogP contribution is -1.98. The third-order valence-electron chi connectivity index (χ3n) is 2.58. The van der Waals surface area contributed by atoms with E-state index in [1.807, 2.05) is 17.8 Å². The van der Waals surface area contributed by atoms with Gasteiger partial charge in [-0.15, -0.1) is 11.6 Å². The Kier molecular flexibility index (Phi) is 2.58. The summed E-state index contributed by atoms with van der Waals surface area (Å²) < 4.78 is 2.01. The van der Waals surface area contributed by atoms with E-state index in [0.29, 0.717) is 0 Å². The number of rotatable bonds is 4. The molecule has 0 saturated heterocycles. The van der Waals surface area contributed by atoms with Crippen molar-refractivity contribution in [1.82, 2.24) is 9.78 Å². The van der Waals surface area contributed by atoms with Gasteiger partial charge in [-0.05, 0) is 19.3 Å². The second-order valence-corrected chi connectivity index (χ2v) is 4.54. The second-order valence-electron chi connectivity index (χ2n) is 3.88. The molecule has 1 fully saturated rings. The van der Waals surface area contributed by atoms with E-state index in [4.69, 9.17) is 11.6 Å². The molecule has 1 aromatic rings. The summed E-state index contributed by atoms with van der Waals surface area (Å²) in [5.41, 5.74) is 1.12. The van der Waals surface area contributed by atoms with Gasteiger partial charge in [0.05, 0.1) is 11.6 Å². The van der Waals surface area contributed by atoms with Gasteiger partial charge >= 0.3 is 0 Å². The molecule has 0 amide bonds. The lowest BCUT2D eigenvalue weighted by atomic mass is 10.3. The predicted octanol–water partition coefficient (Wildman–Crippen LogP) is 2.98. The van der Waals surface area contributed by atoms with Crippen LogP contribution < -0.4 is 0 Å². The summed E-state index contributed by atoms with van der Waals surface area (Å²) in [6.07, 6.45) is 8.03. The number of hydrogen-bond acceptors (Lipinski definition) is 1. The van der Waals surface area contributed by atoms with Crippen molar-refractivity contribution in [2.45, 2.75) is 38.1 Å². The summed E-state index contributed by atoms with van der Waals surface area (Å²) in [5.74, 6) is 0.973. The summed E-state index contributed by atoms with van der Waals surface area (Å²) in [6.45, 7) is 3.03. The van der Waals surface area contributed by atoms with E-state index < -0.39 is 0 Å². The van der Waals surface area contributed by atoms with Crippen molar-refractivity contribution in [2.24, 2.45) is 5.92 Å². The van der Waals surface area contributed by atoms with Gasteiger partial charge in [-0.25, -0.2) is 0 Å². The second kappa shape index (κ2) is 3.70. The highest BCUT2D eigenvalue weighted by Gasteiger charge is 2.20. The van der Waals surface area contributed by atoms with E-state index in [2.05, 4.69) is 11.3 Å². The monoisotopic (exact) mass is 198 g/mol. The Labute approximate surface area is 83.9 Å². The fraction of sp³-hybridized carbons (Fsp3) is 0.700. The summed E-state index contributed by atoms with van der Waals surface area (Å²) >= 11 is 5.94. The Morgan fingerprint density at radius 2 is 2.46 bits per heavy atom. The van der Waals surface area contributed by atoms with E-state index in [1.165, 1.54) is 19.3 Å². The van der Waals surface area contributed by atoms with Gasteiger partial charge in [0.1, 0.15) is 0 Å². The van der Waals surface area contributed by atoms with Crippen LogP contribution in [0.1, 0.15) is 37.1 Å².